The van der Waals surface area contributed by atoms with Crippen LogP contribution >= 0.6 is 0 Å². The van der Waals surface area contributed by atoms with Crippen molar-refractivity contribution in [2.24, 2.45) is 5.92 Å². The Hall–Kier alpha value is -1.32. The minimum absolute atomic E-state index is 0.0363. The highest BCUT2D eigenvalue weighted by Crippen LogP contribution is 2.38. The molecule has 0 saturated carbocycles. The number of nitrogens with one attached hydrogen (secondary N) is 1. The molecule has 2 aliphatic rings. The van der Waals surface area contributed by atoms with E-state index in [0.29, 0.717) is 13.1 Å². The summed E-state index contributed by atoms with van der Waals surface area (Å²) < 4.78 is 27.1. The molecule has 8 heteroatoms. The van der Waals surface area contributed by atoms with E-state index in [-0.39, 0.29) is 30.2 Å². The number of hydrogen-bond donors (Lipinski definition) is 2. The fourth-order valence-electron chi connectivity index (χ4n) is 4.24. The molecule has 7 nitrogen and oxygen atoms in total. The van der Waals surface area contributed by atoms with Crippen molar-refractivity contribution in [3.63, 3.8) is 0 Å². The Kier molecular flexibility index (Phi) is 7.52. The molecule has 2 fully saturated rings. The molecular formula is C24H38N2O5S. The SMILES string of the molecule is Cc1cc(O)c([C@H](N[S@@+]([O-])C(C)(C)C)C2CCN(C(=O)[C@H]3COC(C)(C)O3)CC2)cc1C. The summed E-state index contributed by atoms with van der Waals surface area (Å²) in [6.45, 7) is 14.9. The fraction of sp³-hybridized carbons (Fsp3) is 0.708. The predicted octanol–water partition coefficient (Wildman–Crippen LogP) is 3.49. The Morgan fingerprint density at radius 2 is 1.84 bits per heavy atom. The van der Waals surface area contributed by atoms with Crippen molar-refractivity contribution < 1.29 is 23.9 Å². The summed E-state index contributed by atoms with van der Waals surface area (Å²) in [5.41, 5.74) is 2.87. The van der Waals surface area contributed by atoms with Crippen LogP contribution in [0.5, 0.6) is 5.75 Å². The molecular weight excluding hydrogens is 428 g/mol. The van der Waals surface area contributed by atoms with E-state index < -0.39 is 28.0 Å². The molecule has 2 N–H and O–H groups in total. The highest BCUT2D eigenvalue weighted by atomic mass is 32.2. The van der Waals surface area contributed by atoms with Gasteiger partial charge in [-0.05, 0) is 84.4 Å². The Morgan fingerprint density at radius 1 is 1.25 bits per heavy atom. The van der Waals surface area contributed by atoms with E-state index in [2.05, 4.69) is 4.72 Å². The van der Waals surface area contributed by atoms with E-state index in [4.69, 9.17) is 9.47 Å². The first-order valence-corrected chi connectivity index (χ1v) is 12.5. The maximum absolute atomic E-state index is 13.0. The molecule has 180 valence electrons. The number of nitrogens with zero attached hydrogens (tertiary/aromatic N) is 1. The number of phenols is 1. The van der Waals surface area contributed by atoms with Gasteiger partial charge >= 0.3 is 0 Å². The first-order chi connectivity index (χ1) is 14.8. The monoisotopic (exact) mass is 466 g/mol. The highest BCUT2D eigenvalue weighted by Gasteiger charge is 2.41. The van der Waals surface area contributed by atoms with Crippen molar-refractivity contribution in [2.75, 3.05) is 19.7 Å². The molecule has 0 unspecified atom stereocenters. The quantitative estimate of drug-likeness (QED) is 0.645. The topological polar surface area (TPSA) is 94.1 Å². The molecule has 3 rings (SSSR count). The number of aryl methyl sites for hydroxylation is 2. The van der Waals surface area contributed by atoms with Crippen LogP contribution in [0.25, 0.3) is 0 Å². The molecule has 32 heavy (non-hydrogen) atoms. The second-order valence-corrected chi connectivity index (χ2v) is 12.4. The lowest BCUT2D eigenvalue weighted by Gasteiger charge is -2.38. The molecule has 0 spiro atoms. The van der Waals surface area contributed by atoms with E-state index in [1.807, 2.05) is 59.4 Å². The highest BCUT2D eigenvalue weighted by molar-refractivity contribution is 7.90. The van der Waals surface area contributed by atoms with Crippen LogP contribution < -0.4 is 4.72 Å². The summed E-state index contributed by atoms with van der Waals surface area (Å²) in [5.74, 6) is -0.416. The Morgan fingerprint density at radius 3 is 2.38 bits per heavy atom. The molecule has 2 aliphatic heterocycles. The van der Waals surface area contributed by atoms with Gasteiger partial charge in [-0.2, -0.15) is 0 Å². The Bertz CT molecular complexity index is 830. The first kappa shape index (κ1) is 25.3. The van der Waals surface area contributed by atoms with Crippen LogP contribution in [-0.2, 0) is 25.6 Å². The molecule has 2 heterocycles. The van der Waals surface area contributed by atoms with E-state index in [0.717, 1.165) is 29.5 Å². The summed E-state index contributed by atoms with van der Waals surface area (Å²) in [7, 11) is 0. The zero-order valence-electron chi connectivity index (χ0n) is 20.4. The standard InChI is InChI=1S/C24H38N2O5S/c1-15-12-18(19(27)13-16(15)2)21(25-32(29)23(3,4)5)17-8-10-26(11-9-17)22(28)20-14-30-24(6,7)31-20/h12-13,17,20-21,25,27H,8-11,14H2,1-7H3/t20-,21-,32+/m1/s1. The number of phenolic OH excluding ortho intramolecular Hbond substituents is 1. The van der Waals surface area contributed by atoms with Gasteiger partial charge in [0.2, 0.25) is 0 Å². The van der Waals surface area contributed by atoms with Crippen molar-refractivity contribution in [3.8, 4) is 5.75 Å². The molecule has 1 aromatic carbocycles. The molecule has 0 aromatic heterocycles. The first-order valence-electron chi connectivity index (χ1n) is 11.4. The second-order valence-electron chi connectivity index (χ2n) is 10.5. The number of piperidine rings is 1. The van der Waals surface area contributed by atoms with E-state index in [1.54, 1.807) is 6.07 Å². The Labute approximate surface area is 195 Å². The number of hydrogen-bond acceptors (Lipinski definition) is 6. The van der Waals surface area contributed by atoms with Gasteiger partial charge in [-0.1, -0.05) is 6.07 Å². The average molecular weight is 467 g/mol. The van der Waals surface area contributed by atoms with E-state index >= 15 is 0 Å². The fourth-order valence-corrected chi connectivity index (χ4v) is 5.15. The third kappa shape index (κ3) is 5.78. The maximum Gasteiger partial charge on any atom is 0.254 e. The van der Waals surface area contributed by atoms with Crippen molar-refractivity contribution in [1.82, 2.24) is 9.62 Å². The largest absolute Gasteiger partial charge is 0.598 e. The van der Waals surface area contributed by atoms with Crippen LogP contribution in [-0.4, -0.2) is 56.8 Å². The third-order valence-corrected chi connectivity index (χ3v) is 7.96. The van der Waals surface area contributed by atoms with Crippen molar-refractivity contribution in [1.29, 1.82) is 0 Å². The molecule has 1 aromatic rings. The molecule has 0 radical (unpaired) electrons. The van der Waals surface area contributed by atoms with Gasteiger partial charge in [0.1, 0.15) is 10.5 Å². The third-order valence-electron chi connectivity index (χ3n) is 6.37. The summed E-state index contributed by atoms with van der Waals surface area (Å²) >= 11 is -1.30. The van der Waals surface area contributed by atoms with Crippen LogP contribution in [0.4, 0.5) is 0 Å². The number of aromatic hydroxyl groups is 1. The van der Waals surface area contributed by atoms with Crippen LogP contribution in [0.15, 0.2) is 12.1 Å². The maximum atomic E-state index is 13.0. The second kappa shape index (κ2) is 9.50. The van der Waals surface area contributed by atoms with Crippen LogP contribution in [0, 0.1) is 19.8 Å². The van der Waals surface area contributed by atoms with Gasteiger partial charge in [-0.3, -0.25) is 4.79 Å². The van der Waals surface area contributed by atoms with Crippen LogP contribution in [0.2, 0.25) is 0 Å². The summed E-state index contributed by atoms with van der Waals surface area (Å²) in [4.78, 5) is 14.7. The zero-order chi connectivity index (χ0) is 23.8. The van der Waals surface area contributed by atoms with E-state index in [9.17, 15) is 14.5 Å². The summed E-state index contributed by atoms with van der Waals surface area (Å²) in [6, 6.07) is 3.50. The van der Waals surface area contributed by atoms with Gasteiger partial charge in [0.05, 0.1) is 12.6 Å². The summed E-state index contributed by atoms with van der Waals surface area (Å²) in [5, 5.41) is 10.7. The van der Waals surface area contributed by atoms with Crippen molar-refractivity contribution in [2.45, 2.75) is 84.0 Å². The molecule has 3 atom stereocenters. The van der Waals surface area contributed by atoms with Gasteiger partial charge in [0.15, 0.2) is 11.9 Å². The Balaban J connectivity index is 1.75. The van der Waals surface area contributed by atoms with Crippen molar-refractivity contribution in [3.05, 3.63) is 28.8 Å². The van der Waals surface area contributed by atoms with Gasteiger partial charge in [-0.25, -0.2) is 0 Å². The molecule has 0 aliphatic carbocycles. The van der Waals surface area contributed by atoms with Crippen LogP contribution in [0.1, 0.15) is 70.2 Å². The van der Waals surface area contributed by atoms with Gasteiger partial charge in [0, 0.05) is 30.0 Å². The van der Waals surface area contributed by atoms with Gasteiger partial charge in [0.25, 0.3) is 5.91 Å². The summed E-state index contributed by atoms with van der Waals surface area (Å²) in [6.07, 6.45) is 0.926. The lowest BCUT2D eigenvalue weighted by Crippen LogP contribution is -2.48. The number of rotatable bonds is 5. The number of amides is 1. The lowest BCUT2D eigenvalue weighted by molar-refractivity contribution is -0.161. The molecule has 1 amide bonds. The number of likely N-dealkylation sites (tertiary alicyclic amines) is 1. The molecule has 2 saturated heterocycles. The van der Waals surface area contributed by atoms with E-state index in [1.165, 1.54) is 0 Å². The van der Waals surface area contributed by atoms with Crippen molar-refractivity contribution >= 4 is 17.3 Å². The number of carbonyl (C=O) groups excluding carboxylic acids is 1. The normalized spacial score (nSPS) is 23.9. The predicted molar refractivity (Wildman–Crippen MR) is 126 cm³/mol. The van der Waals surface area contributed by atoms with Gasteiger partial charge in [-0.15, -0.1) is 4.72 Å². The smallest absolute Gasteiger partial charge is 0.254 e. The zero-order valence-corrected chi connectivity index (χ0v) is 21.2. The van der Waals surface area contributed by atoms with Crippen LogP contribution in [0.3, 0.4) is 0 Å². The number of benzene rings is 1. The minimum Gasteiger partial charge on any atom is -0.598 e. The number of carbonyl (C=O) groups is 1. The minimum atomic E-state index is -1.30. The average Bonchev–Trinajstić information content (AvgIpc) is 3.07. The van der Waals surface area contributed by atoms with Gasteiger partial charge < -0.3 is 24.0 Å². The molecule has 0 bridgehead atoms. The number of ether oxygens (including phenoxy) is 2. The lowest BCUT2D eigenvalue weighted by atomic mass is 9.84.